The van der Waals surface area contributed by atoms with E-state index in [0.29, 0.717) is 0 Å². The molecule has 0 heterocycles. The van der Waals surface area contributed by atoms with Crippen LogP contribution >= 0.6 is 0 Å². The van der Waals surface area contributed by atoms with E-state index < -0.39 is 24.8 Å². The molecule has 0 saturated heterocycles. The van der Waals surface area contributed by atoms with Crippen LogP contribution in [-0.2, 0) is 9.59 Å². The molecule has 82 valence electrons. The number of carbonyl (C=O) groups excluding carboxylic acids is 1. The Morgan fingerprint density at radius 3 is 2.36 bits per heavy atom. The molecule has 0 spiro atoms. The Hall–Kier alpha value is -1.20. The summed E-state index contributed by atoms with van der Waals surface area (Å²) in [7, 11) is 1.27. The summed E-state index contributed by atoms with van der Waals surface area (Å²) < 4.78 is 23.6. The first-order chi connectivity index (χ1) is 6.43. The highest BCUT2D eigenvalue weighted by Gasteiger charge is 2.13. The number of amides is 1. The van der Waals surface area contributed by atoms with E-state index in [2.05, 4.69) is 0 Å². The molecule has 1 N–H and O–H groups in total. The van der Waals surface area contributed by atoms with Crippen LogP contribution in [0.25, 0.3) is 0 Å². The lowest BCUT2D eigenvalue weighted by Gasteiger charge is -2.15. The Kier molecular flexibility index (Phi) is 5.74. The summed E-state index contributed by atoms with van der Waals surface area (Å²) in [4.78, 5) is 22.1. The molecule has 0 aliphatic rings. The van der Waals surface area contributed by atoms with Gasteiger partial charge in [-0.25, -0.2) is 8.78 Å². The van der Waals surface area contributed by atoms with E-state index in [1.54, 1.807) is 0 Å². The first-order valence-corrected chi connectivity index (χ1v) is 4.17. The lowest BCUT2D eigenvalue weighted by atomic mass is 10.2. The molecule has 0 aromatic carbocycles. The molecule has 0 fully saturated rings. The highest BCUT2D eigenvalue weighted by atomic mass is 19.3. The van der Waals surface area contributed by atoms with Crippen LogP contribution in [0.15, 0.2) is 0 Å². The van der Waals surface area contributed by atoms with Gasteiger partial charge < -0.3 is 10.0 Å². The fourth-order valence-corrected chi connectivity index (χ4v) is 0.891. The topological polar surface area (TPSA) is 57.6 Å². The van der Waals surface area contributed by atoms with Crippen LogP contribution in [0.1, 0.15) is 19.3 Å². The number of carboxylic acid groups (broad SMARTS) is 1. The number of halogens is 2. The molecule has 0 aromatic heterocycles. The van der Waals surface area contributed by atoms with Crippen molar-refractivity contribution in [3.05, 3.63) is 0 Å². The van der Waals surface area contributed by atoms with Gasteiger partial charge in [0.25, 0.3) is 6.43 Å². The van der Waals surface area contributed by atoms with Crippen LogP contribution in [0.5, 0.6) is 0 Å². The zero-order valence-corrected chi connectivity index (χ0v) is 7.87. The van der Waals surface area contributed by atoms with E-state index in [4.69, 9.17) is 5.11 Å². The lowest BCUT2D eigenvalue weighted by molar-refractivity contribution is -0.137. The maximum atomic E-state index is 11.8. The van der Waals surface area contributed by atoms with Gasteiger partial charge >= 0.3 is 5.97 Å². The second kappa shape index (κ2) is 6.28. The molecule has 0 aromatic rings. The van der Waals surface area contributed by atoms with Crippen molar-refractivity contribution in [2.45, 2.75) is 25.7 Å². The molecule has 1 amide bonds. The van der Waals surface area contributed by atoms with Gasteiger partial charge in [0.1, 0.15) is 0 Å². The van der Waals surface area contributed by atoms with Crippen molar-refractivity contribution in [2.75, 3.05) is 13.6 Å². The number of nitrogens with zero attached hydrogens (tertiary/aromatic N) is 1. The SMILES string of the molecule is CN(CC(F)F)C(=O)CCCC(=O)O. The van der Waals surface area contributed by atoms with Crippen molar-refractivity contribution in [3.8, 4) is 0 Å². The van der Waals surface area contributed by atoms with Gasteiger partial charge in [-0.1, -0.05) is 0 Å². The summed E-state index contributed by atoms with van der Waals surface area (Å²) in [6, 6.07) is 0. The van der Waals surface area contributed by atoms with Gasteiger partial charge in [-0.3, -0.25) is 9.59 Å². The average Bonchev–Trinajstić information content (AvgIpc) is 2.01. The van der Waals surface area contributed by atoms with Crippen LogP contribution < -0.4 is 0 Å². The second-order valence-corrected chi connectivity index (χ2v) is 2.91. The molecule has 0 bridgehead atoms. The minimum absolute atomic E-state index is 0.00444. The summed E-state index contributed by atoms with van der Waals surface area (Å²) in [5, 5.41) is 8.27. The minimum Gasteiger partial charge on any atom is -0.481 e. The van der Waals surface area contributed by atoms with E-state index in [1.807, 2.05) is 0 Å². The third kappa shape index (κ3) is 6.33. The largest absolute Gasteiger partial charge is 0.481 e. The molecule has 6 heteroatoms. The van der Waals surface area contributed by atoms with E-state index in [9.17, 15) is 18.4 Å². The van der Waals surface area contributed by atoms with E-state index in [-0.39, 0.29) is 19.3 Å². The average molecular weight is 209 g/mol. The van der Waals surface area contributed by atoms with Crippen molar-refractivity contribution in [3.63, 3.8) is 0 Å². The first-order valence-electron chi connectivity index (χ1n) is 4.17. The van der Waals surface area contributed by atoms with E-state index >= 15 is 0 Å². The zero-order valence-electron chi connectivity index (χ0n) is 7.87. The normalized spacial score (nSPS) is 10.3. The predicted octanol–water partition coefficient (Wildman–Crippen LogP) is 0.965. The van der Waals surface area contributed by atoms with Gasteiger partial charge in [0, 0.05) is 19.9 Å². The number of hydrogen-bond acceptors (Lipinski definition) is 2. The molecule has 0 radical (unpaired) electrons. The number of hydrogen-bond donors (Lipinski definition) is 1. The monoisotopic (exact) mass is 209 g/mol. The third-order valence-corrected chi connectivity index (χ3v) is 1.62. The predicted molar refractivity (Wildman–Crippen MR) is 45.1 cm³/mol. The molecule has 0 saturated carbocycles. The molecule has 0 aliphatic carbocycles. The van der Waals surface area contributed by atoms with Crippen molar-refractivity contribution in [1.82, 2.24) is 4.90 Å². The third-order valence-electron chi connectivity index (χ3n) is 1.62. The molecule has 4 nitrogen and oxygen atoms in total. The number of carboxylic acids is 1. The number of rotatable bonds is 6. The molecule has 0 aliphatic heterocycles. The summed E-state index contributed by atoms with van der Waals surface area (Å²) in [5.41, 5.74) is 0. The highest BCUT2D eigenvalue weighted by Crippen LogP contribution is 2.02. The van der Waals surface area contributed by atoms with Gasteiger partial charge in [0.2, 0.25) is 5.91 Å². The smallest absolute Gasteiger partial charge is 0.303 e. The summed E-state index contributed by atoms with van der Waals surface area (Å²) in [5.74, 6) is -1.44. The molecular formula is C8H13F2NO3. The van der Waals surface area contributed by atoms with Crippen molar-refractivity contribution in [2.24, 2.45) is 0 Å². The number of carbonyl (C=O) groups is 2. The Bertz CT molecular complexity index is 209. The molecule has 0 atom stereocenters. The fourth-order valence-electron chi connectivity index (χ4n) is 0.891. The quantitative estimate of drug-likeness (QED) is 0.709. The zero-order chi connectivity index (χ0) is 11.1. The lowest BCUT2D eigenvalue weighted by Crippen LogP contribution is -2.31. The van der Waals surface area contributed by atoms with Gasteiger partial charge in [-0.2, -0.15) is 0 Å². The van der Waals surface area contributed by atoms with Crippen molar-refractivity contribution in [1.29, 1.82) is 0 Å². The Morgan fingerprint density at radius 2 is 1.93 bits per heavy atom. The van der Waals surface area contributed by atoms with Crippen LogP contribution in [0.3, 0.4) is 0 Å². The van der Waals surface area contributed by atoms with Crippen LogP contribution in [0, 0.1) is 0 Å². The van der Waals surface area contributed by atoms with Gasteiger partial charge in [0.05, 0.1) is 6.54 Å². The Labute approximate surface area is 80.5 Å². The first kappa shape index (κ1) is 12.8. The van der Waals surface area contributed by atoms with Crippen molar-refractivity contribution >= 4 is 11.9 Å². The van der Waals surface area contributed by atoms with E-state index in [1.165, 1.54) is 7.05 Å². The standard InChI is InChI=1S/C8H13F2NO3/c1-11(5-6(9)10)7(12)3-2-4-8(13)14/h6H,2-5H2,1H3,(H,13,14). The molecule has 14 heavy (non-hydrogen) atoms. The fraction of sp³-hybridized carbons (Fsp3) is 0.750. The van der Waals surface area contributed by atoms with Crippen LogP contribution in [0.4, 0.5) is 8.78 Å². The maximum Gasteiger partial charge on any atom is 0.303 e. The summed E-state index contributed by atoms with van der Waals surface area (Å²) in [6.45, 7) is -0.605. The maximum absolute atomic E-state index is 11.8. The number of aliphatic carboxylic acids is 1. The minimum atomic E-state index is -2.55. The van der Waals surface area contributed by atoms with Gasteiger partial charge in [0.15, 0.2) is 0 Å². The molecular weight excluding hydrogens is 196 g/mol. The molecule has 0 rings (SSSR count). The second-order valence-electron chi connectivity index (χ2n) is 2.91. The number of alkyl halides is 2. The summed E-state index contributed by atoms with van der Waals surface area (Å²) in [6.07, 6.45) is -2.49. The van der Waals surface area contributed by atoms with E-state index in [0.717, 1.165) is 4.90 Å². The van der Waals surface area contributed by atoms with Crippen LogP contribution in [0.2, 0.25) is 0 Å². The highest BCUT2D eigenvalue weighted by molar-refractivity contribution is 5.76. The van der Waals surface area contributed by atoms with Crippen LogP contribution in [-0.4, -0.2) is 41.9 Å². The van der Waals surface area contributed by atoms with Gasteiger partial charge in [-0.05, 0) is 6.42 Å². The Balaban J connectivity index is 3.67. The summed E-state index contributed by atoms with van der Waals surface area (Å²) >= 11 is 0. The van der Waals surface area contributed by atoms with Gasteiger partial charge in [-0.15, -0.1) is 0 Å². The Morgan fingerprint density at radius 1 is 1.36 bits per heavy atom. The van der Waals surface area contributed by atoms with Crippen molar-refractivity contribution < 1.29 is 23.5 Å². The molecule has 0 unspecified atom stereocenters.